The van der Waals surface area contributed by atoms with E-state index in [1.807, 2.05) is 24.3 Å². The van der Waals surface area contributed by atoms with Crippen molar-refractivity contribution >= 4 is 23.5 Å². The third kappa shape index (κ3) is 5.61. The maximum absolute atomic E-state index is 11.9. The van der Waals surface area contributed by atoms with E-state index in [1.165, 1.54) is 7.11 Å². The van der Waals surface area contributed by atoms with Crippen molar-refractivity contribution in [3.63, 3.8) is 0 Å². The largest absolute Gasteiger partial charge is 0.469 e. The Hall–Kier alpha value is -1.55. The summed E-state index contributed by atoms with van der Waals surface area (Å²) >= 11 is 6.05. The Kier molecular flexibility index (Phi) is 7.09. The molecule has 0 aliphatic heterocycles. The molecule has 0 bridgehead atoms. The number of halogens is 1. The number of aryl methyl sites for hydroxylation is 1. The first-order valence-corrected chi connectivity index (χ1v) is 6.96. The molecule has 0 saturated heterocycles. The lowest BCUT2D eigenvalue weighted by molar-refractivity contribution is -0.141. The van der Waals surface area contributed by atoms with E-state index in [0.29, 0.717) is 37.3 Å². The summed E-state index contributed by atoms with van der Waals surface area (Å²) in [6.45, 7) is 0.552. The summed E-state index contributed by atoms with van der Waals surface area (Å²) in [6, 6.07) is 7.52. The summed E-state index contributed by atoms with van der Waals surface area (Å²) in [5.41, 5.74) is 0.977. The molecule has 5 heteroatoms. The third-order valence-corrected chi connectivity index (χ3v) is 3.46. The summed E-state index contributed by atoms with van der Waals surface area (Å²) in [7, 11) is 3.10. The summed E-state index contributed by atoms with van der Waals surface area (Å²) in [5.74, 6) is -0.197. The Morgan fingerprint density at radius 2 is 1.95 bits per heavy atom. The molecule has 0 aliphatic carbocycles. The normalized spacial score (nSPS) is 10.2. The topological polar surface area (TPSA) is 46.6 Å². The zero-order chi connectivity index (χ0) is 15.0. The van der Waals surface area contributed by atoms with Crippen molar-refractivity contribution in [2.24, 2.45) is 0 Å². The van der Waals surface area contributed by atoms with Crippen LogP contribution in [0.15, 0.2) is 24.3 Å². The lowest BCUT2D eigenvalue weighted by atomic mass is 10.1. The predicted molar refractivity (Wildman–Crippen MR) is 78.7 cm³/mol. The van der Waals surface area contributed by atoms with Crippen molar-refractivity contribution in [3.05, 3.63) is 34.9 Å². The van der Waals surface area contributed by atoms with E-state index in [2.05, 4.69) is 4.74 Å². The van der Waals surface area contributed by atoms with Gasteiger partial charge in [-0.1, -0.05) is 29.8 Å². The van der Waals surface area contributed by atoms with Crippen molar-refractivity contribution in [3.8, 4) is 0 Å². The summed E-state index contributed by atoms with van der Waals surface area (Å²) in [5, 5.41) is 0.689. The van der Waals surface area contributed by atoms with Gasteiger partial charge in [-0.2, -0.15) is 0 Å². The standard InChI is InChI=1S/C15H20ClNO3/c1-17(11-5-8-15(19)20-2)14(18)10-9-12-6-3-4-7-13(12)16/h3-4,6-7H,5,8-11H2,1-2H3. The third-order valence-electron chi connectivity index (χ3n) is 3.09. The maximum atomic E-state index is 11.9. The Morgan fingerprint density at radius 1 is 1.25 bits per heavy atom. The number of nitrogens with zero attached hydrogens (tertiary/aromatic N) is 1. The Balaban J connectivity index is 2.31. The van der Waals surface area contributed by atoms with Crippen LogP contribution in [0, 0.1) is 0 Å². The Labute approximate surface area is 124 Å². The zero-order valence-electron chi connectivity index (χ0n) is 11.9. The molecule has 0 aliphatic rings. The van der Waals surface area contributed by atoms with E-state index in [0.717, 1.165) is 5.56 Å². The molecule has 4 nitrogen and oxygen atoms in total. The monoisotopic (exact) mass is 297 g/mol. The highest BCUT2D eigenvalue weighted by Crippen LogP contribution is 2.16. The van der Waals surface area contributed by atoms with Gasteiger partial charge in [0.15, 0.2) is 0 Å². The van der Waals surface area contributed by atoms with Crippen molar-refractivity contribution < 1.29 is 14.3 Å². The minimum absolute atomic E-state index is 0.0507. The van der Waals surface area contributed by atoms with Crippen molar-refractivity contribution in [1.82, 2.24) is 4.90 Å². The van der Waals surface area contributed by atoms with E-state index in [-0.39, 0.29) is 11.9 Å². The van der Waals surface area contributed by atoms with Gasteiger partial charge in [-0.15, -0.1) is 0 Å². The number of amides is 1. The lowest BCUT2D eigenvalue weighted by Crippen LogP contribution is -2.28. The average Bonchev–Trinajstić information content (AvgIpc) is 2.45. The number of carbonyl (C=O) groups excluding carboxylic acids is 2. The van der Waals surface area contributed by atoms with Crippen molar-refractivity contribution in [2.75, 3.05) is 20.7 Å². The minimum Gasteiger partial charge on any atom is -0.469 e. The molecule has 0 atom stereocenters. The van der Waals surface area contributed by atoms with Gasteiger partial charge >= 0.3 is 5.97 Å². The first-order valence-electron chi connectivity index (χ1n) is 6.58. The van der Waals surface area contributed by atoms with Gasteiger partial charge in [0.05, 0.1) is 7.11 Å². The SMILES string of the molecule is COC(=O)CCCN(C)C(=O)CCc1ccccc1Cl. The number of benzene rings is 1. The van der Waals surface area contributed by atoms with E-state index in [4.69, 9.17) is 11.6 Å². The molecule has 1 rings (SSSR count). The molecule has 0 fully saturated rings. The molecule has 0 N–H and O–H groups in total. The van der Waals surface area contributed by atoms with E-state index >= 15 is 0 Å². The minimum atomic E-state index is -0.248. The van der Waals surface area contributed by atoms with Gasteiger partial charge < -0.3 is 9.64 Å². The van der Waals surface area contributed by atoms with Gasteiger partial charge in [0.1, 0.15) is 0 Å². The molecular formula is C15H20ClNO3. The number of rotatable bonds is 7. The highest BCUT2D eigenvalue weighted by Gasteiger charge is 2.10. The van der Waals surface area contributed by atoms with E-state index in [9.17, 15) is 9.59 Å². The molecule has 1 aromatic carbocycles. The molecule has 0 heterocycles. The molecular weight excluding hydrogens is 278 g/mol. The molecule has 20 heavy (non-hydrogen) atoms. The fourth-order valence-electron chi connectivity index (χ4n) is 1.82. The van der Waals surface area contributed by atoms with Crippen LogP contribution >= 0.6 is 11.6 Å². The van der Waals surface area contributed by atoms with Crippen LogP contribution in [-0.4, -0.2) is 37.5 Å². The van der Waals surface area contributed by atoms with E-state index in [1.54, 1.807) is 11.9 Å². The molecule has 0 radical (unpaired) electrons. The number of hydrogen-bond acceptors (Lipinski definition) is 3. The number of carbonyl (C=O) groups is 2. The van der Waals surface area contributed by atoms with Gasteiger partial charge in [0.2, 0.25) is 5.91 Å². The number of ether oxygens (including phenoxy) is 1. The lowest BCUT2D eigenvalue weighted by Gasteiger charge is -2.17. The van der Waals surface area contributed by atoms with Gasteiger partial charge in [-0.25, -0.2) is 0 Å². The fraction of sp³-hybridized carbons (Fsp3) is 0.467. The second kappa shape index (κ2) is 8.59. The summed E-state index contributed by atoms with van der Waals surface area (Å²) in [6.07, 6.45) is 1.98. The smallest absolute Gasteiger partial charge is 0.305 e. The van der Waals surface area contributed by atoms with Gasteiger partial charge in [-0.3, -0.25) is 9.59 Å². The molecule has 0 aromatic heterocycles. The highest BCUT2D eigenvalue weighted by molar-refractivity contribution is 6.31. The van der Waals surface area contributed by atoms with E-state index < -0.39 is 0 Å². The van der Waals surface area contributed by atoms with Gasteiger partial charge in [-0.05, 0) is 24.5 Å². The van der Waals surface area contributed by atoms with Crippen LogP contribution in [0.2, 0.25) is 5.02 Å². The molecule has 0 spiro atoms. The summed E-state index contributed by atoms with van der Waals surface area (Å²) in [4.78, 5) is 24.5. The quantitative estimate of drug-likeness (QED) is 0.727. The second-order valence-electron chi connectivity index (χ2n) is 4.59. The number of methoxy groups -OCH3 is 1. The van der Waals surface area contributed by atoms with Crippen molar-refractivity contribution in [1.29, 1.82) is 0 Å². The van der Waals surface area contributed by atoms with Crippen LogP contribution in [0.4, 0.5) is 0 Å². The first-order chi connectivity index (χ1) is 9.54. The van der Waals surface area contributed by atoms with Crippen LogP contribution in [0.25, 0.3) is 0 Å². The van der Waals surface area contributed by atoms with Crippen LogP contribution in [0.3, 0.4) is 0 Å². The average molecular weight is 298 g/mol. The number of hydrogen-bond donors (Lipinski definition) is 0. The molecule has 1 aromatic rings. The predicted octanol–water partition coefficient (Wildman–Crippen LogP) is 2.68. The Morgan fingerprint density at radius 3 is 2.60 bits per heavy atom. The molecule has 110 valence electrons. The fourth-order valence-corrected chi connectivity index (χ4v) is 2.05. The number of esters is 1. The summed E-state index contributed by atoms with van der Waals surface area (Å²) < 4.78 is 4.55. The zero-order valence-corrected chi connectivity index (χ0v) is 12.7. The second-order valence-corrected chi connectivity index (χ2v) is 4.99. The van der Waals surface area contributed by atoms with Gasteiger partial charge in [0.25, 0.3) is 0 Å². The van der Waals surface area contributed by atoms with Crippen LogP contribution in [0.1, 0.15) is 24.8 Å². The van der Waals surface area contributed by atoms with Gasteiger partial charge in [0, 0.05) is 31.5 Å². The van der Waals surface area contributed by atoms with Crippen LogP contribution in [-0.2, 0) is 20.7 Å². The molecule has 1 amide bonds. The maximum Gasteiger partial charge on any atom is 0.305 e. The highest BCUT2D eigenvalue weighted by atomic mass is 35.5. The molecule has 0 unspecified atom stereocenters. The van der Waals surface area contributed by atoms with Crippen molar-refractivity contribution in [2.45, 2.75) is 25.7 Å². The van der Waals surface area contributed by atoms with Crippen LogP contribution < -0.4 is 0 Å². The molecule has 0 saturated carbocycles. The first kappa shape index (κ1) is 16.5. The van der Waals surface area contributed by atoms with Crippen LogP contribution in [0.5, 0.6) is 0 Å². The Bertz CT molecular complexity index is 462.